The number of amides is 1. The Kier molecular flexibility index (Phi) is 4.66. The van der Waals surface area contributed by atoms with Crippen LogP contribution in [0.2, 0.25) is 0 Å². The van der Waals surface area contributed by atoms with Crippen LogP contribution in [-0.4, -0.2) is 55.3 Å². The Labute approximate surface area is 117 Å². The highest BCUT2D eigenvalue weighted by Gasteiger charge is 2.35. The predicted molar refractivity (Wildman–Crippen MR) is 71.1 cm³/mol. The normalized spacial score (nSPS) is 21.8. The molecule has 0 saturated carbocycles. The molecule has 0 radical (unpaired) electrons. The molecule has 2 heterocycles. The molecule has 0 N–H and O–H groups in total. The van der Waals surface area contributed by atoms with Gasteiger partial charge in [-0.3, -0.25) is 4.79 Å². The van der Waals surface area contributed by atoms with Gasteiger partial charge in [-0.15, -0.1) is 0 Å². The standard InChI is InChI=1S/C14H17N3O3/c1-19-9-12-6-13(20-2)8-17(12)14(18)10-3-4-16-11(5-10)7-15/h3-5,12-13H,6,8-9H2,1-2H3/t12-,13-/m0/s1. The van der Waals surface area contributed by atoms with Gasteiger partial charge in [-0.05, 0) is 18.6 Å². The van der Waals surface area contributed by atoms with Crippen LogP contribution in [0.15, 0.2) is 18.3 Å². The zero-order valence-electron chi connectivity index (χ0n) is 11.6. The first-order valence-electron chi connectivity index (χ1n) is 6.38. The summed E-state index contributed by atoms with van der Waals surface area (Å²) in [5.74, 6) is -0.120. The Morgan fingerprint density at radius 1 is 1.60 bits per heavy atom. The molecule has 20 heavy (non-hydrogen) atoms. The van der Waals surface area contributed by atoms with Crippen molar-refractivity contribution in [2.24, 2.45) is 0 Å². The quantitative estimate of drug-likeness (QED) is 0.813. The first kappa shape index (κ1) is 14.4. The van der Waals surface area contributed by atoms with Gasteiger partial charge in [-0.2, -0.15) is 5.26 Å². The maximum Gasteiger partial charge on any atom is 0.254 e. The maximum absolute atomic E-state index is 12.5. The summed E-state index contributed by atoms with van der Waals surface area (Å²) in [6, 6.07) is 5.06. The number of nitriles is 1. The maximum atomic E-state index is 12.5. The summed E-state index contributed by atoms with van der Waals surface area (Å²) in [6.07, 6.45) is 2.25. The van der Waals surface area contributed by atoms with E-state index in [0.29, 0.717) is 18.7 Å². The number of rotatable bonds is 4. The molecular formula is C14H17N3O3. The third kappa shape index (κ3) is 2.95. The van der Waals surface area contributed by atoms with Crippen LogP contribution in [0.25, 0.3) is 0 Å². The van der Waals surface area contributed by atoms with E-state index in [1.807, 2.05) is 6.07 Å². The van der Waals surface area contributed by atoms with Crippen molar-refractivity contribution in [1.82, 2.24) is 9.88 Å². The van der Waals surface area contributed by atoms with E-state index < -0.39 is 0 Å². The molecule has 2 atom stereocenters. The Bertz CT molecular complexity index is 527. The minimum absolute atomic E-state index is 0.00356. The van der Waals surface area contributed by atoms with Crippen molar-refractivity contribution in [3.63, 3.8) is 0 Å². The van der Waals surface area contributed by atoms with Crippen molar-refractivity contribution < 1.29 is 14.3 Å². The van der Waals surface area contributed by atoms with Gasteiger partial charge in [0.15, 0.2) is 0 Å². The monoisotopic (exact) mass is 275 g/mol. The summed E-state index contributed by atoms with van der Waals surface area (Å²) in [5.41, 5.74) is 0.705. The number of nitrogens with zero attached hydrogens (tertiary/aromatic N) is 3. The minimum atomic E-state index is -0.120. The number of pyridine rings is 1. The van der Waals surface area contributed by atoms with Crippen molar-refractivity contribution in [2.75, 3.05) is 27.4 Å². The van der Waals surface area contributed by atoms with Gasteiger partial charge in [0.05, 0.1) is 18.8 Å². The Morgan fingerprint density at radius 2 is 2.40 bits per heavy atom. The smallest absolute Gasteiger partial charge is 0.254 e. The van der Waals surface area contributed by atoms with E-state index in [4.69, 9.17) is 14.7 Å². The Balaban J connectivity index is 2.19. The largest absolute Gasteiger partial charge is 0.383 e. The minimum Gasteiger partial charge on any atom is -0.383 e. The van der Waals surface area contributed by atoms with E-state index >= 15 is 0 Å². The zero-order chi connectivity index (χ0) is 14.5. The fourth-order valence-corrected chi connectivity index (χ4v) is 2.43. The molecular weight excluding hydrogens is 258 g/mol. The van der Waals surface area contributed by atoms with E-state index in [0.717, 1.165) is 6.42 Å². The lowest BCUT2D eigenvalue weighted by Crippen LogP contribution is -2.38. The van der Waals surface area contributed by atoms with E-state index in [1.165, 1.54) is 12.3 Å². The van der Waals surface area contributed by atoms with E-state index in [9.17, 15) is 4.79 Å². The van der Waals surface area contributed by atoms with Crippen LogP contribution in [-0.2, 0) is 9.47 Å². The molecule has 1 amide bonds. The summed E-state index contributed by atoms with van der Waals surface area (Å²) in [4.78, 5) is 18.2. The van der Waals surface area contributed by atoms with E-state index in [1.54, 1.807) is 25.2 Å². The number of hydrogen-bond donors (Lipinski definition) is 0. The number of likely N-dealkylation sites (tertiary alicyclic amines) is 1. The Morgan fingerprint density at radius 3 is 3.05 bits per heavy atom. The number of aromatic nitrogens is 1. The van der Waals surface area contributed by atoms with Crippen LogP contribution in [0.4, 0.5) is 0 Å². The lowest BCUT2D eigenvalue weighted by Gasteiger charge is -2.23. The first-order valence-corrected chi connectivity index (χ1v) is 6.38. The van der Waals surface area contributed by atoms with Crippen LogP contribution in [0.5, 0.6) is 0 Å². The van der Waals surface area contributed by atoms with Gasteiger partial charge in [0, 0.05) is 32.5 Å². The number of methoxy groups -OCH3 is 2. The summed E-state index contributed by atoms with van der Waals surface area (Å²) >= 11 is 0. The molecule has 6 nitrogen and oxygen atoms in total. The fourth-order valence-electron chi connectivity index (χ4n) is 2.43. The van der Waals surface area contributed by atoms with Gasteiger partial charge in [-0.1, -0.05) is 0 Å². The van der Waals surface area contributed by atoms with Gasteiger partial charge in [-0.25, -0.2) is 4.98 Å². The van der Waals surface area contributed by atoms with E-state index in [-0.39, 0.29) is 23.7 Å². The highest BCUT2D eigenvalue weighted by molar-refractivity contribution is 5.94. The van der Waals surface area contributed by atoms with Gasteiger partial charge in [0.25, 0.3) is 5.91 Å². The van der Waals surface area contributed by atoms with Crippen molar-refractivity contribution in [3.8, 4) is 6.07 Å². The molecule has 6 heteroatoms. The number of carbonyl (C=O) groups is 1. The second kappa shape index (κ2) is 6.46. The predicted octanol–water partition coefficient (Wildman–Crippen LogP) is 0.829. The average molecular weight is 275 g/mol. The molecule has 1 aliphatic rings. The first-order chi connectivity index (χ1) is 9.69. The molecule has 2 rings (SSSR count). The lowest BCUT2D eigenvalue weighted by atomic mass is 10.2. The molecule has 1 aliphatic heterocycles. The second-order valence-electron chi connectivity index (χ2n) is 4.70. The molecule has 1 fully saturated rings. The van der Waals surface area contributed by atoms with Crippen molar-refractivity contribution in [2.45, 2.75) is 18.6 Å². The molecule has 0 aromatic carbocycles. The zero-order valence-corrected chi connectivity index (χ0v) is 11.6. The molecule has 0 unspecified atom stereocenters. The van der Waals surface area contributed by atoms with Crippen molar-refractivity contribution >= 4 is 5.91 Å². The van der Waals surface area contributed by atoms with E-state index in [2.05, 4.69) is 4.98 Å². The number of carbonyl (C=O) groups excluding carboxylic acids is 1. The highest BCUT2D eigenvalue weighted by Crippen LogP contribution is 2.22. The third-order valence-electron chi connectivity index (χ3n) is 3.45. The topological polar surface area (TPSA) is 75.5 Å². The summed E-state index contributed by atoms with van der Waals surface area (Å²) in [7, 11) is 3.26. The second-order valence-corrected chi connectivity index (χ2v) is 4.70. The molecule has 1 aromatic rings. The summed E-state index contributed by atoms with van der Waals surface area (Å²) < 4.78 is 10.5. The van der Waals surface area contributed by atoms with Crippen LogP contribution >= 0.6 is 0 Å². The molecule has 0 spiro atoms. The van der Waals surface area contributed by atoms with Crippen LogP contribution in [0.1, 0.15) is 22.5 Å². The SMILES string of the molecule is COC[C@@H]1C[C@H](OC)CN1C(=O)c1ccnc(C#N)c1. The highest BCUT2D eigenvalue weighted by atomic mass is 16.5. The van der Waals surface area contributed by atoms with Gasteiger partial charge in [0.2, 0.25) is 0 Å². The summed E-state index contributed by atoms with van der Waals surface area (Å²) in [6.45, 7) is 1.01. The molecule has 0 bridgehead atoms. The lowest BCUT2D eigenvalue weighted by molar-refractivity contribution is 0.0612. The number of ether oxygens (including phenoxy) is 2. The van der Waals surface area contributed by atoms with Gasteiger partial charge in [0.1, 0.15) is 11.8 Å². The Hall–Kier alpha value is -1.97. The van der Waals surface area contributed by atoms with Crippen molar-refractivity contribution in [3.05, 3.63) is 29.6 Å². The molecule has 1 saturated heterocycles. The van der Waals surface area contributed by atoms with Gasteiger partial charge < -0.3 is 14.4 Å². The number of hydrogen-bond acceptors (Lipinski definition) is 5. The van der Waals surface area contributed by atoms with Crippen LogP contribution in [0, 0.1) is 11.3 Å². The molecule has 106 valence electrons. The van der Waals surface area contributed by atoms with Gasteiger partial charge >= 0.3 is 0 Å². The molecule has 0 aliphatic carbocycles. The molecule has 1 aromatic heterocycles. The van der Waals surface area contributed by atoms with Crippen LogP contribution in [0.3, 0.4) is 0 Å². The summed E-state index contributed by atoms with van der Waals surface area (Å²) in [5, 5.41) is 8.85. The average Bonchev–Trinajstić information content (AvgIpc) is 2.90. The van der Waals surface area contributed by atoms with Crippen LogP contribution < -0.4 is 0 Å². The third-order valence-corrected chi connectivity index (χ3v) is 3.45. The van der Waals surface area contributed by atoms with Crippen molar-refractivity contribution in [1.29, 1.82) is 5.26 Å². The fraction of sp³-hybridized carbons (Fsp3) is 0.500.